The van der Waals surface area contributed by atoms with Crippen LogP contribution < -0.4 is 0 Å². The molecule has 1 amide bonds. The molecule has 0 spiro atoms. The first kappa shape index (κ1) is 14.4. The van der Waals surface area contributed by atoms with E-state index in [2.05, 4.69) is 0 Å². The summed E-state index contributed by atoms with van der Waals surface area (Å²) in [5.41, 5.74) is 0.784. The Hall–Kier alpha value is -1.01. The Bertz CT molecular complexity index is 484. The lowest BCUT2D eigenvalue weighted by Crippen LogP contribution is -2.44. The van der Waals surface area contributed by atoms with E-state index >= 15 is 0 Å². The van der Waals surface area contributed by atoms with E-state index in [9.17, 15) is 14.7 Å². The van der Waals surface area contributed by atoms with Crippen LogP contribution in [0.4, 0.5) is 0 Å². The van der Waals surface area contributed by atoms with Crippen LogP contribution in [0.5, 0.6) is 0 Å². The van der Waals surface area contributed by atoms with Gasteiger partial charge in [-0.1, -0.05) is 13.8 Å². The van der Waals surface area contributed by atoms with Gasteiger partial charge in [0, 0.05) is 11.4 Å². The zero-order chi connectivity index (χ0) is 14.0. The highest BCUT2D eigenvalue weighted by Crippen LogP contribution is 2.33. The highest BCUT2D eigenvalue weighted by Gasteiger charge is 2.36. The molecule has 6 heteroatoms. The molecule has 4 nitrogen and oxygen atoms in total. The van der Waals surface area contributed by atoms with Gasteiger partial charge in [0.2, 0.25) is 5.91 Å². The number of carboxylic acids is 1. The van der Waals surface area contributed by atoms with Gasteiger partial charge in [-0.15, -0.1) is 23.1 Å². The molecule has 1 aliphatic heterocycles. The van der Waals surface area contributed by atoms with E-state index in [1.165, 1.54) is 4.90 Å². The fourth-order valence-electron chi connectivity index (χ4n) is 2.17. The van der Waals surface area contributed by atoms with Crippen molar-refractivity contribution in [3.05, 3.63) is 21.9 Å². The molecule has 1 N–H and O–H groups in total. The van der Waals surface area contributed by atoms with Gasteiger partial charge < -0.3 is 10.0 Å². The zero-order valence-corrected chi connectivity index (χ0v) is 12.6. The van der Waals surface area contributed by atoms with Crippen LogP contribution in [0.3, 0.4) is 0 Å². The molecule has 2 heterocycles. The first-order chi connectivity index (χ1) is 9.00. The van der Waals surface area contributed by atoms with Crippen molar-refractivity contribution in [1.29, 1.82) is 0 Å². The van der Waals surface area contributed by atoms with E-state index in [0.29, 0.717) is 17.5 Å². The van der Waals surface area contributed by atoms with Crippen molar-refractivity contribution < 1.29 is 14.7 Å². The minimum atomic E-state index is -0.942. The molecule has 1 atom stereocenters. The monoisotopic (exact) mass is 299 g/mol. The van der Waals surface area contributed by atoms with Gasteiger partial charge in [0.05, 0.1) is 5.75 Å². The van der Waals surface area contributed by atoms with E-state index < -0.39 is 12.0 Å². The predicted molar refractivity (Wildman–Crippen MR) is 77.7 cm³/mol. The lowest BCUT2D eigenvalue weighted by atomic mass is 10.00. The summed E-state index contributed by atoms with van der Waals surface area (Å²) in [6.45, 7) is 4.56. The minimum Gasteiger partial charge on any atom is -0.479 e. The lowest BCUT2D eigenvalue weighted by Gasteiger charge is -2.33. The van der Waals surface area contributed by atoms with Crippen LogP contribution in [-0.2, 0) is 16.0 Å². The van der Waals surface area contributed by atoms with Gasteiger partial charge in [0.1, 0.15) is 0 Å². The maximum absolute atomic E-state index is 12.2. The highest BCUT2D eigenvalue weighted by atomic mass is 32.2. The number of hydrogen-bond acceptors (Lipinski definition) is 4. The molecule has 0 bridgehead atoms. The van der Waals surface area contributed by atoms with Crippen molar-refractivity contribution in [2.45, 2.75) is 31.6 Å². The molecular formula is C13H17NO3S2. The molecule has 0 aromatic carbocycles. The molecule has 19 heavy (non-hydrogen) atoms. The molecule has 104 valence electrons. The highest BCUT2D eigenvalue weighted by molar-refractivity contribution is 8.00. The van der Waals surface area contributed by atoms with Gasteiger partial charge in [0.15, 0.2) is 6.04 Å². The summed E-state index contributed by atoms with van der Waals surface area (Å²) in [7, 11) is 0. The Morgan fingerprint density at radius 1 is 1.58 bits per heavy atom. The SMILES string of the molecule is CC(C)SCC(=O)N1CCc2sccc2C1C(=O)O. The van der Waals surface area contributed by atoms with Crippen LogP contribution in [0.25, 0.3) is 0 Å². The van der Waals surface area contributed by atoms with Crippen molar-refractivity contribution in [3.63, 3.8) is 0 Å². The number of thiophene rings is 1. The number of carbonyl (C=O) groups excluding carboxylic acids is 1. The van der Waals surface area contributed by atoms with E-state index in [1.807, 2.05) is 25.3 Å². The maximum atomic E-state index is 12.2. The van der Waals surface area contributed by atoms with Gasteiger partial charge in [-0.2, -0.15) is 0 Å². The van der Waals surface area contributed by atoms with Gasteiger partial charge in [0.25, 0.3) is 0 Å². The number of aliphatic carboxylic acids is 1. The third-order valence-corrected chi connectivity index (χ3v) is 5.14. The van der Waals surface area contributed by atoms with Crippen molar-refractivity contribution in [2.75, 3.05) is 12.3 Å². The standard InChI is InChI=1S/C13H17NO3S2/c1-8(2)19-7-11(15)14-5-3-10-9(4-6-18-10)12(14)13(16)17/h4,6,8,12H,3,5,7H2,1-2H3,(H,16,17). The molecule has 0 aliphatic carbocycles. The smallest absolute Gasteiger partial charge is 0.331 e. The second-order valence-electron chi connectivity index (χ2n) is 4.74. The average molecular weight is 299 g/mol. The molecular weight excluding hydrogens is 282 g/mol. The number of carbonyl (C=O) groups is 2. The minimum absolute atomic E-state index is 0.0806. The summed E-state index contributed by atoms with van der Waals surface area (Å²) in [6, 6.07) is 1.02. The number of rotatable bonds is 4. The Morgan fingerprint density at radius 3 is 2.95 bits per heavy atom. The number of amides is 1. The van der Waals surface area contributed by atoms with E-state index in [4.69, 9.17) is 0 Å². The summed E-state index contributed by atoms with van der Waals surface area (Å²) >= 11 is 3.12. The molecule has 1 aromatic rings. The van der Waals surface area contributed by atoms with E-state index in [-0.39, 0.29) is 5.91 Å². The summed E-state index contributed by atoms with van der Waals surface area (Å²) < 4.78 is 0. The van der Waals surface area contributed by atoms with Gasteiger partial charge in [-0.3, -0.25) is 4.79 Å². The second-order valence-corrected chi connectivity index (χ2v) is 7.30. The van der Waals surface area contributed by atoms with Gasteiger partial charge >= 0.3 is 5.97 Å². The summed E-state index contributed by atoms with van der Waals surface area (Å²) in [5, 5.41) is 11.7. The van der Waals surface area contributed by atoms with Crippen LogP contribution in [-0.4, -0.2) is 39.4 Å². The van der Waals surface area contributed by atoms with Gasteiger partial charge in [-0.25, -0.2) is 4.79 Å². The Labute approximate surface area is 120 Å². The van der Waals surface area contributed by atoms with Gasteiger partial charge in [-0.05, 0) is 28.7 Å². The molecule has 0 fully saturated rings. The molecule has 1 aromatic heterocycles. The van der Waals surface area contributed by atoms with Crippen LogP contribution in [0, 0.1) is 0 Å². The molecule has 0 saturated carbocycles. The van der Waals surface area contributed by atoms with Crippen LogP contribution >= 0.6 is 23.1 Å². The number of thioether (sulfide) groups is 1. The van der Waals surface area contributed by atoms with Crippen molar-refractivity contribution in [2.24, 2.45) is 0 Å². The summed E-state index contributed by atoms with van der Waals surface area (Å²) in [5.74, 6) is -0.675. The Morgan fingerprint density at radius 2 is 2.32 bits per heavy atom. The van der Waals surface area contributed by atoms with Crippen LogP contribution in [0.1, 0.15) is 30.3 Å². The topological polar surface area (TPSA) is 57.6 Å². The van der Waals surface area contributed by atoms with E-state index in [0.717, 1.165) is 16.9 Å². The maximum Gasteiger partial charge on any atom is 0.331 e. The molecule has 1 unspecified atom stereocenters. The zero-order valence-electron chi connectivity index (χ0n) is 11.0. The van der Waals surface area contributed by atoms with E-state index in [1.54, 1.807) is 23.1 Å². The largest absolute Gasteiger partial charge is 0.479 e. The fourth-order valence-corrected chi connectivity index (χ4v) is 3.72. The van der Waals surface area contributed by atoms with Crippen molar-refractivity contribution >= 4 is 35.0 Å². The summed E-state index contributed by atoms with van der Waals surface area (Å²) in [4.78, 5) is 26.3. The Balaban J connectivity index is 2.17. The number of carboxylic acid groups (broad SMARTS) is 1. The number of nitrogens with zero attached hydrogens (tertiary/aromatic N) is 1. The number of fused-ring (bicyclic) bond motifs is 1. The first-order valence-electron chi connectivity index (χ1n) is 6.21. The fraction of sp³-hybridized carbons (Fsp3) is 0.538. The second kappa shape index (κ2) is 5.96. The first-order valence-corrected chi connectivity index (χ1v) is 8.13. The molecule has 0 radical (unpaired) electrons. The quantitative estimate of drug-likeness (QED) is 0.927. The van der Waals surface area contributed by atoms with Crippen LogP contribution in [0.15, 0.2) is 11.4 Å². The Kier molecular flexibility index (Phi) is 4.52. The third kappa shape index (κ3) is 3.12. The lowest BCUT2D eigenvalue weighted by molar-refractivity contribution is -0.150. The normalized spacial score (nSPS) is 18.5. The molecule has 1 aliphatic rings. The van der Waals surface area contributed by atoms with Crippen molar-refractivity contribution in [3.8, 4) is 0 Å². The molecule has 0 saturated heterocycles. The predicted octanol–water partition coefficient (Wildman–Crippen LogP) is 2.40. The van der Waals surface area contributed by atoms with Crippen molar-refractivity contribution in [1.82, 2.24) is 4.90 Å². The third-order valence-electron chi connectivity index (χ3n) is 3.06. The average Bonchev–Trinajstić information content (AvgIpc) is 2.82. The van der Waals surface area contributed by atoms with Crippen LogP contribution in [0.2, 0.25) is 0 Å². The number of hydrogen-bond donors (Lipinski definition) is 1. The molecule has 2 rings (SSSR count). The summed E-state index contributed by atoms with van der Waals surface area (Å²) in [6.07, 6.45) is 0.759.